The number of aromatic nitrogens is 2. The number of rotatable bonds is 2. The molecule has 0 spiro atoms. The predicted molar refractivity (Wildman–Crippen MR) is 109 cm³/mol. The van der Waals surface area contributed by atoms with Gasteiger partial charge < -0.3 is 10.6 Å². The summed E-state index contributed by atoms with van der Waals surface area (Å²) in [4.78, 5) is 53.6. The first-order valence-corrected chi connectivity index (χ1v) is 9.42. The van der Waals surface area contributed by atoms with E-state index in [1.165, 1.54) is 6.92 Å². The van der Waals surface area contributed by atoms with Crippen LogP contribution in [0.4, 0.5) is 11.5 Å². The third-order valence-electron chi connectivity index (χ3n) is 5.34. The molecule has 2 aliphatic rings. The summed E-state index contributed by atoms with van der Waals surface area (Å²) in [7, 11) is 0. The number of fused-ring (bicyclic) bond motifs is 1. The number of carbonyl (C=O) groups excluding carboxylic acids is 2. The summed E-state index contributed by atoms with van der Waals surface area (Å²) in [5, 5.41) is 5.72. The molecule has 1 aromatic carbocycles. The highest BCUT2D eigenvalue weighted by atomic mass is 16.2. The van der Waals surface area contributed by atoms with Crippen molar-refractivity contribution in [2.24, 2.45) is 5.41 Å². The summed E-state index contributed by atoms with van der Waals surface area (Å²) in [6.07, 6.45) is 1.02. The van der Waals surface area contributed by atoms with Gasteiger partial charge in [0.25, 0.3) is 5.56 Å². The topological polar surface area (TPSA) is 124 Å². The molecule has 0 saturated heterocycles. The smallest absolute Gasteiger partial charge is 0.327 e. The fourth-order valence-corrected chi connectivity index (χ4v) is 4.26. The molecule has 2 heterocycles. The predicted octanol–water partition coefficient (Wildman–Crippen LogP) is 2.22. The van der Waals surface area contributed by atoms with Gasteiger partial charge in [-0.25, -0.2) is 4.79 Å². The fraction of sp³-hybridized carbons (Fsp3) is 0.333. The van der Waals surface area contributed by atoms with Crippen LogP contribution in [0, 0.1) is 5.41 Å². The van der Waals surface area contributed by atoms with Crippen LogP contribution in [0.25, 0.3) is 0 Å². The molecule has 1 aliphatic heterocycles. The van der Waals surface area contributed by atoms with Gasteiger partial charge in [0.15, 0.2) is 5.78 Å². The molecule has 4 N–H and O–H groups in total. The molecule has 0 radical (unpaired) electrons. The maximum atomic E-state index is 12.8. The lowest BCUT2D eigenvalue weighted by Gasteiger charge is -2.39. The number of allylic oxidation sites excluding steroid dienone is 2. The molecule has 2 aromatic rings. The second-order valence-corrected chi connectivity index (χ2v) is 8.40. The zero-order valence-corrected chi connectivity index (χ0v) is 16.4. The summed E-state index contributed by atoms with van der Waals surface area (Å²) in [6.45, 7) is 5.48. The first-order chi connectivity index (χ1) is 13.6. The molecular weight excluding hydrogens is 372 g/mol. The highest BCUT2D eigenvalue weighted by molar-refractivity contribution is 6.01. The first kappa shape index (κ1) is 18.9. The summed E-state index contributed by atoms with van der Waals surface area (Å²) < 4.78 is 0. The van der Waals surface area contributed by atoms with Gasteiger partial charge in [-0.2, -0.15) is 0 Å². The van der Waals surface area contributed by atoms with Crippen LogP contribution in [0.1, 0.15) is 50.7 Å². The number of anilines is 2. The molecule has 0 bridgehead atoms. The number of amides is 1. The van der Waals surface area contributed by atoms with Gasteiger partial charge in [-0.05, 0) is 35.1 Å². The van der Waals surface area contributed by atoms with Gasteiger partial charge in [0, 0.05) is 24.9 Å². The van der Waals surface area contributed by atoms with Crippen LogP contribution in [0.5, 0.6) is 0 Å². The summed E-state index contributed by atoms with van der Waals surface area (Å²) in [5.74, 6) is -0.440. The lowest BCUT2D eigenvalue weighted by molar-refractivity contribution is -0.118. The van der Waals surface area contributed by atoms with Crippen molar-refractivity contribution >= 4 is 23.2 Å². The highest BCUT2D eigenvalue weighted by Gasteiger charge is 2.41. The molecular formula is C21H22N4O4. The number of nitrogens with one attached hydrogen (secondary N) is 4. The third kappa shape index (κ3) is 3.41. The minimum absolute atomic E-state index is 0.0390. The van der Waals surface area contributed by atoms with Crippen molar-refractivity contribution in [3.8, 4) is 0 Å². The van der Waals surface area contributed by atoms with Gasteiger partial charge in [0.05, 0.1) is 11.3 Å². The Morgan fingerprint density at radius 3 is 2.41 bits per heavy atom. The Hall–Kier alpha value is -3.42. The van der Waals surface area contributed by atoms with E-state index in [0.717, 1.165) is 11.1 Å². The summed E-state index contributed by atoms with van der Waals surface area (Å²) in [6, 6.07) is 7.17. The largest absolute Gasteiger partial charge is 0.338 e. The van der Waals surface area contributed by atoms with Crippen LogP contribution in [0.3, 0.4) is 0 Å². The Bertz CT molecular complexity index is 1170. The number of H-pyrrole nitrogens is 2. The van der Waals surface area contributed by atoms with Crippen molar-refractivity contribution < 1.29 is 9.59 Å². The Kier molecular flexibility index (Phi) is 4.29. The van der Waals surface area contributed by atoms with Crippen LogP contribution >= 0.6 is 0 Å². The van der Waals surface area contributed by atoms with Crippen molar-refractivity contribution in [2.45, 2.75) is 39.5 Å². The molecule has 8 heteroatoms. The molecule has 1 aliphatic carbocycles. The molecule has 150 valence electrons. The van der Waals surface area contributed by atoms with E-state index < -0.39 is 17.2 Å². The first-order valence-electron chi connectivity index (χ1n) is 9.42. The number of hydrogen-bond acceptors (Lipinski definition) is 5. The average molecular weight is 394 g/mol. The van der Waals surface area contributed by atoms with Crippen LogP contribution in [0.15, 0.2) is 45.1 Å². The van der Waals surface area contributed by atoms with Crippen molar-refractivity contribution in [3.05, 3.63) is 67.5 Å². The number of benzene rings is 1. The molecule has 0 fully saturated rings. The molecule has 29 heavy (non-hydrogen) atoms. The molecule has 8 nitrogen and oxygen atoms in total. The standard InChI is InChI=1S/C21H22N4O4/c1-10(26)22-12-6-4-11(5-7-12)15-13-8-21(2,3)9-14(27)17(13)23-18-16(15)19(28)25-20(29)24-18/h4-7,15H,8-9H2,1-3H3,(H,22,26)(H3,23,24,25,28,29). The van der Waals surface area contributed by atoms with Crippen molar-refractivity contribution in [1.82, 2.24) is 9.97 Å². The number of ketones is 1. The van der Waals surface area contributed by atoms with Crippen molar-refractivity contribution in [1.29, 1.82) is 0 Å². The summed E-state index contributed by atoms with van der Waals surface area (Å²) >= 11 is 0. The van der Waals surface area contributed by atoms with E-state index >= 15 is 0 Å². The zero-order chi connectivity index (χ0) is 20.9. The van der Waals surface area contributed by atoms with E-state index in [9.17, 15) is 19.2 Å². The van der Waals surface area contributed by atoms with Crippen molar-refractivity contribution in [2.75, 3.05) is 10.6 Å². The van der Waals surface area contributed by atoms with E-state index in [4.69, 9.17) is 0 Å². The zero-order valence-electron chi connectivity index (χ0n) is 16.4. The van der Waals surface area contributed by atoms with Gasteiger partial charge in [-0.15, -0.1) is 0 Å². The van der Waals surface area contributed by atoms with Gasteiger partial charge >= 0.3 is 5.69 Å². The van der Waals surface area contributed by atoms with Crippen LogP contribution in [-0.4, -0.2) is 21.7 Å². The summed E-state index contributed by atoms with van der Waals surface area (Å²) in [5.41, 5.74) is 1.75. The number of hydrogen-bond donors (Lipinski definition) is 4. The van der Waals surface area contributed by atoms with Gasteiger partial charge in [0.1, 0.15) is 5.82 Å². The lowest BCUT2D eigenvalue weighted by Crippen LogP contribution is -2.38. The highest BCUT2D eigenvalue weighted by Crippen LogP contribution is 2.48. The minimum Gasteiger partial charge on any atom is -0.338 e. The van der Waals surface area contributed by atoms with E-state index in [0.29, 0.717) is 29.8 Å². The van der Waals surface area contributed by atoms with Crippen molar-refractivity contribution in [3.63, 3.8) is 0 Å². The Morgan fingerprint density at radius 1 is 1.07 bits per heavy atom. The van der Waals surface area contributed by atoms with Crippen LogP contribution < -0.4 is 21.9 Å². The number of carbonyl (C=O) groups is 2. The Balaban J connectivity index is 1.91. The number of Topliss-reactive ketones (excluding diaryl/α,β-unsaturated/α-hetero) is 1. The van der Waals surface area contributed by atoms with E-state index in [1.54, 1.807) is 12.1 Å². The van der Waals surface area contributed by atoms with Crippen LogP contribution in [0.2, 0.25) is 0 Å². The molecule has 1 amide bonds. The molecule has 1 unspecified atom stereocenters. The van der Waals surface area contributed by atoms with E-state index in [2.05, 4.69) is 20.6 Å². The molecule has 1 atom stereocenters. The van der Waals surface area contributed by atoms with E-state index in [-0.39, 0.29) is 22.9 Å². The maximum Gasteiger partial charge on any atom is 0.327 e. The van der Waals surface area contributed by atoms with Gasteiger partial charge in [-0.3, -0.25) is 24.4 Å². The monoisotopic (exact) mass is 394 g/mol. The lowest BCUT2D eigenvalue weighted by atomic mass is 9.68. The second-order valence-electron chi connectivity index (χ2n) is 8.40. The minimum atomic E-state index is -0.631. The Labute approximate surface area is 166 Å². The molecule has 0 saturated carbocycles. The van der Waals surface area contributed by atoms with Gasteiger partial charge in [-0.1, -0.05) is 26.0 Å². The van der Waals surface area contributed by atoms with E-state index in [1.807, 2.05) is 26.0 Å². The second kappa shape index (κ2) is 6.58. The van der Waals surface area contributed by atoms with Gasteiger partial charge in [0.2, 0.25) is 5.91 Å². The SMILES string of the molecule is CC(=O)Nc1ccc(C2C3=C(Nc4[nH]c(=O)[nH]c(=O)c42)C(=O)CC(C)(C)C3)cc1. The Morgan fingerprint density at radius 2 is 1.76 bits per heavy atom. The fourth-order valence-electron chi connectivity index (χ4n) is 4.26. The maximum absolute atomic E-state index is 12.8. The quantitative estimate of drug-likeness (QED) is 0.622. The molecule has 4 rings (SSSR count). The number of aromatic amines is 2. The third-order valence-corrected chi connectivity index (χ3v) is 5.34. The normalized spacial score (nSPS) is 19.8. The van der Waals surface area contributed by atoms with Crippen LogP contribution in [-0.2, 0) is 9.59 Å². The average Bonchev–Trinajstić information content (AvgIpc) is 2.60. The molecule has 1 aromatic heterocycles.